The van der Waals surface area contributed by atoms with Crippen LogP contribution in [0.4, 0.5) is 0 Å². The number of carbonyl (C=O) groups excluding carboxylic acids is 1. The van der Waals surface area contributed by atoms with Crippen LogP contribution in [-0.4, -0.2) is 23.2 Å². The summed E-state index contributed by atoms with van der Waals surface area (Å²) < 4.78 is 13.7. The Hall–Kier alpha value is -2.95. The van der Waals surface area contributed by atoms with Gasteiger partial charge in [0.15, 0.2) is 5.76 Å². The van der Waals surface area contributed by atoms with E-state index in [1.807, 2.05) is 12.1 Å². The van der Waals surface area contributed by atoms with Crippen LogP contribution < -0.4 is 10.2 Å². The molecule has 4 rings (SSSR count). The van der Waals surface area contributed by atoms with E-state index in [1.165, 1.54) is 18.3 Å². The van der Waals surface area contributed by atoms with Gasteiger partial charge in [0, 0.05) is 9.86 Å². The van der Waals surface area contributed by atoms with E-state index >= 15 is 0 Å². The molecular weight excluding hydrogens is 636 g/mol. The van der Waals surface area contributed by atoms with Gasteiger partial charge in [-0.2, -0.15) is 5.10 Å². The van der Waals surface area contributed by atoms with Gasteiger partial charge in [-0.25, -0.2) is 10.2 Å². The van der Waals surface area contributed by atoms with Gasteiger partial charge >= 0.3 is 11.9 Å². The lowest BCUT2D eigenvalue weighted by Crippen LogP contribution is -2.16. The third-order valence-corrected chi connectivity index (χ3v) is 6.36. The Bertz CT molecular complexity index is 1410. The zero-order chi connectivity index (χ0) is 24.2. The zero-order valence-corrected chi connectivity index (χ0v) is 22.0. The molecule has 4 aromatic rings. The number of carboxylic acids is 1. The number of carbonyl (C=O) groups is 2. The van der Waals surface area contributed by atoms with Crippen molar-refractivity contribution in [3.05, 3.63) is 96.5 Å². The average Bonchev–Trinajstić information content (AvgIpc) is 3.23. The van der Waals surface area contributed by atoms with Gasteiger partial charge in [0.05, 0.1) is 20.7 Å². The van der Waals surface area contributed by atoms with Gasteiger partial charge in [0.25, 0.3) is 0 Å². The number of aromatic carboxylic acids is 1. The second-order valence-electron chi connectivity index (χ2n) is 7.10. The molecule has 1 aromatic heterocycles. The van der Waals surface area contributed by atoms with Crippen LogP contribution in [0.5, 0.6) is 5.75 Å². The van der Waals surface area contributed by atoms with Crippen molar-refractivity contribution < 1.29 is 23.8 Å². The summed E-state index contributed by atoms with van der Waals surface area (Å²) in [7, 11) is 0. The highest BCUT2D eigenvalue weighted by Crippen LogP contribution is 2.31. The molecule has 0 aliphatic carbocycles. The Labute approximate surface area is 219 Å². The lowest BCUT2D eigenvalue weighted by atomic mass is 10.1. The van der Waals surface area contributed by atoms with Crippen molar-refractivity contribution >= 4 is 76.9 Å². The molecule has 1 amide bonds. The summed E-state index contributed by atoms with van der Waals surface area (Å²) in [5.41, 5.74) is 4.84. The Kier molecular flexibility index (Phi) is 7.50. The lowest BCUT2D eigenvalue weighted by Gasteiger charge is -2.09. The van der Waals surface area contributed by atoms with E-state index in [2.05, 4.69) is 58.3 Å². The van der Waals surface area contributed by atoms with Crippen molar-refractivity contribution in [2.45, 2.75) is 6.61 Å². The molecule has 7 nitrogen and oxygen atoms in total. The predicted molar refractivity (Wildman–Crippen MR) is 139 cm³/mol. The summed E-state index contributed by atoms with van der Waals surface area (Å²) in [5.74, 6) is -0.680. The molecule has 0 radical (unpaired) electrons. The van der Waals surface area contributed by atoms with Gasteiger partial charge in [0.2, 0.25) is 0 Å². The first-order valence-corrected chi connectivity index (χ1v) is 12.1. The second kappa shape index (κ2) is 10.5. The number of hydrogen-bond acceptors (Lipinski definition) is 5. The van der Waals surface area contributed by atoms with Crippen molar-refractivity contribution in [2.75, 3.05) is 0 Å². The van der Waals surface area contributed by atoms with Crippen LogP contribution in [0.15, 0.2) is 83.6 Å². The highest BCUT2D eigenvalue weighted by Gasteiger charge is 2.14. The molecule has 0 bridgehead atoms. The molecule has 0 aliphatic rings. The summed E-state index contributed by atoms with van der Waals surface area (Å²) >= 11 is 10.3. The van der Waals surface area contributed by atoms with E-state index in [9.17, 15) is 9.59 Å². The number of nitrogens with zero attached hydrogens (tertiary/aromatic N) is 1. The van der Waals surface area contributed by atoms with Crippen LogP contribution >= 0.6 is 47.8 Å². The summed E-state index contributed by atoms with van der Waals surface area (Å²) in [6.45, 7) is 0.284. The first kappa shape index (κ1) is 24.2. The number of furan rings is 1. The molecule has 0 atom stereocenters. The number of rotatable bonds is 7. The minimum atomic E-state index is -0.970. The molecule has 0 aliphatic heterocycles. The summed E-state index contributed by atoms with van der Waals surface area (Å²) in [4.78, 5) is 23.3. The zero-order valence-electron chi connectivity index (χ0n) is 17.2. The number of nitrogens with one attached hydrogen (secondary N) is 1. The lowest BCUT2D eigenvalue weighted by molar-refractivity contribution is 0.0696. The van der Waals surface area contributed by atoms with Gasteiger partial charge in [-0.15, -0.1) is 0 Å². The van der Waals surface area contributed by atoms with Gasteiger partial charge in [-0.05, 0) is 91.5 Å². The number of fused-ring (bicyclic) bond motifs is 1. The number of hydrogen-bond donors (Lipinski definition) is 2. The Morgan fingerprint density at radius 2 is 1.76 bits per heavy atom. The van der Waals surface area contributed by atoms with E-state index in [0.717, 1.165) is 25.5 Å². The molecule has 2 N–H and O–H groups in total. The monoisotopic (exact) mass is 648 g/mol. The fraction of sp³-hybridized carbons (Fsp3) is 0.0417. The van der Waals surface area contributed by atoms with E-state index in [4.69, 9.17) is 14.3 Å². The van der Waals surface area contributed by atoms with E-state index in [0.29, 0.717) is 15.8 Å². The first-order valence-electron chi connectivity index (χ1n) is 9.77. The smallest absolute Gasteiger partial charge is 0.335 e. The maximum Gasteiger partial charge on any atom is 0.335 e. The highest BCUT2D eigenvalue weighted by atomic mass is 79.9. The van der Waals surface area contributed by atoms with Crippen LogP contribution in [0.2, 0.25) is 0 Å². The van der Waals surface area contributed by atoms with E-state index in [1.54, 1.807) is 36.4 Å². The van der Waals surface area contributed by atoms with Gasteiger partial charge in [-0.1, -0.05) is 28.1 Å². The van der Waals surface area contributed by atoms with Gasteiger partial charge in [-0.3, -0.25) is 4.79 Å². The van der Waals surface area contributed by atoms with E-state index in [-0.39, 0.29) is 17.9 Å². The van der Waals surface area contributed by atoms with Crippen LogP contribution in [-0.2, 0) is 6.61 Å². The van der Waals surface area contributed by atoms with Gasteiger partial charge in [0.1, 0.15) is 17.9 Å². The fourth-order valence-electron chi connectivity index (χ4n) is 3.03. The molecule has 0 saturated carbocycles. The largest absolute Gasteiger partial charge is 0.488 e. The van der Waals surface area contributed by atoms with Crippen LogP contribution in [0.1, 0.15) is 32.0 Å². The molecule has 0 saturated heterocycles. The third-order valence-electron chi connectivity index (χ3n) is 4.69. The van der Waals surface area contributed by atoms with Crippen molar-refractivity contribution in [1.82, 2.24) is 5.43 Å². The summed E-state index contributed by atoms with van der Waals surface area (Å²) in [6.07, 6.45) is 1.51. The maximum absolute atomic E-state index is 12.4. The van der Waals surface area contributed by atoms with Crippen LogP contribution in [0.3, 0.4) is 0 Å². The molecule has 172 valence electrons. The minimum absolute atomic E-state index is 0.146. The molecule has 10 heteroatoms. The molecule has 3 aromatic carbocycles. The van der Waals surface area contributed by atoms with Crippen molar-refractivity contribution in [2.24, 2.45) is 5.10 Å². The molecule has 0 fully saturated rings. The first-order chi connectivity index (χ1) is 16.3. The number of halogens is 3. The van der Waals surface area contributed by atoms with Crippen molar-refractivity contribution in [1.29, 1.82) is 0 Å². The molecular formula is C24H15Br3N2O5. The Balaban J connectivity index is 1.36. The highest BCUT2D eigenvalue weighted by molar-refractivity contribution is 9.11. The summed E-state index contributed by atoms with van der Waals surface area (Å²) in [6, 6.07) is 17.2. The molecule has 0 unspecified atom stereocenters. The van der Waals surface area contributed by atoms with Crippen LogP contribution in [0, 0.1) is 0 Å². The standard InChI is InChI=1S/C24H15Br3N2O5/c25-17-8-16-9-21(34-22(16)19(27)10-17)23(30)29-28-11-14-3-6-20(18(26)7-14)33-12-13-1-4-15(5-2-13)24(31)32/h1-11H,12H2,(H,29,30)(H,31,32)/b28-11-. The van der Waals surface area contributed by atoms with Crippen LogP contribution in [0.25, 0.3) is 11.0 Å². The third kappa shape index (κ3) is 5.75. The van der Waals surface area contributed by atoms with Crippen molar-refractivity contribution in [3.8, 4) is 5.75 Å². The maximum atomic E-state index is 12.4. The quantitative estimate of drug-likeness (QED) is 0.170. The molecule has 1 heterocycles. The van der Waals surface area contributed by atoms with E-state index < -0.39 is 11.9 Å². The topological polar surface area (TPSA) is 101 Å². The number of ether oxygens (including phenoxy) is 1. The normalized spacial score (nSPS) is 11.1. The number of hydrazone groups is 1. The molecule has 0 spiro atoms. The van der Waals surface area contributed by atoms with Gasteiger partial charge < -0.3 is 14.3 Å². The Morgan fingerprint density at radius 3 is 2.47 bits per heavy atom. The summed E-state index contributed by atoms with van der Waals surface area (Å²) in [5, 5.41) is 13.8. The number of benzene rings is 3. The average molecular weight is 651 g/mol. The van der Waals surface area contributed by atoms with Crippen molar-refractivity contribution in [3.63, 3.8) is 0 Å². The molecule has 34 heavy (non-hydrogen) atoms. The Morgan fingerprint density at radius 1 is 1.00 bits per heavy atom. The fourth-order valence-corrected chi connectivity index (χ4v) is 4.88. The second-order valence-corrected chi connectivity index (χ2v) is 9.72. The SMILES string of the molecule is O=C(O)c1ccc(COc2ccc(/C=N\NC(=O)c3cc4cc(Br)cc(Br)c4o3)cc2Br)cc1. The number of carboxylic acid groups (broad SMARTS) is 1. The number of amides is 1. The minimum Gasteiger partial charge on any atom is -0.488 e. The predicted octanol–water partition coefficient (Wildman–Crippen LogP) is 6.76.